The Bertz CT molecular complexity index is 1340. The number of carbonyl (C=O) groups is 3. The Balaban J connectivity index is 1.41. The van der Waals surface area contributed by atoms with E-state index in [1.54, 1.807) is 31.5 Å². The summed E-state index contributed by atoms with van der Waals surface area (Å²) in [5.41, 5.74) is 1.42. The minimum absolute atomic E-state index is 0.0431. The normalized spacial score (nSPS) is 13.8. The van der Waals surface area contributed by atoms with Gasteiger partial charge in [-0.25, -0.2) is 9.18 Å². The molecule has 1 atom stereocenters. The van der Waals surface area contributed by atoms with Gasteiger partial charge < -0.3 is 19.9 Å². The van der Waals surface area contributed by atoms with Gasteiger partial charge in [0.05, 0.1) is 29.5 Å². The molecule has 0 unspecified atom stereocenters. The van der Waals surface area contributed by atoms with Gasteiger partial charge in [-0.3, -0.25) is 9.59 Å². The van der Waals surface area contributed by atoms with Crippen molar-refractivity contribution in [3.63, 3.8) is 0 Å². The minimum Gasteiger partial charge on any atom is -0.462 e. The second kappa shape index (κ2) is 12.5. The van der Waals surface area contributed by atoms with E-state index in [9.17, 15) is 18.8 Å². The number of hydrogen-bond acceptors (Lipinski definition) is 8. The molecule has 0 spiro atoms. The molecule has 0 radical (unpaired) electrons. The van der Waals surface area contributed by atoms with E-state index in [2.05, 4.69) is 20.8 Å². The van der Waals surface area contributed by atoms with E-state index in [0.717, 1.165) is 42.5 Å². The number of anilines is 1. The summed E-state index contributed by atoms with van der Waals surface area (Å²) >= 11 is 2.66. The molecule has 2 N–H and O–H groups in total. The second-order valence-electron chi connectivity index (χ2n) is 8.86. The van der Waals surface area contributed by atoms with Crippen molar-refractivity contribution in [1.82, 2.24) is 20.1 Å². The van der Waals surface area contributed by atoms with Crippen molar-refractivity contribution in [2.24, 2.45) is 7.05 Å². The maximum absolute atomic E-state index is 13.9. The van der Waals surface area contributed by atoms with Crippen LogP contribution in [0.1, 0.15) is 70.1 Å². The van der Waals surface area contributed by atoms with Crippen LogP contribution >= 0.6 is 23.1 Å². The summed E-state index contributed by atoms with van der Waals surface area (Å²) in [5.74, 6) is -1.38. The van der Waals surface area contributed by atoms with Gasteiger partial charge in [0.1, 0.15) is 10.8 Å². The number of carbonyl (C=O) groups excluding carboxylic acids is 3. The SMILES string of the molecule is CCOC(=O)c1c(NC(=O)[C@H](C)Sc2nnc(CNC(=O)c3ccccc3F)n2C)sc2c1CCCCC2. The highest BCUT2D eigenvalue weighted by Crippen LogP contribution is 2.38. The Kier molecular flexibility index (Phi) is 9.16. The van der Waals surface area contributed by atoms with Gasteiger partial charge in [-0.2, -0.15) is 0 Å². The van der Waals surface area contributed by atoms with Crippen LogP contribution in [-0.2, 0) is 36.0 Å². The highest BCUT2D eigenvalue weighted by molar-refractivity contribution is 8.00. The number of aryl methyl sites for hydroxylation is 1. The molecular formula is C26H30FN5O4S2. The van der Waals surface area contributed by atoms with Crippen LogP contribution in [0, 0.1) is 5.82 Å². The van der Waals surface area contributed by atoms with Gasteiger partial charge in [0, 0.05) is 11.9 Å². The Morgan fingerprint density at radius 1 is 1.18 bits per heavy atom. The molecule has 2 aromatic heterocycles. The highest BCUT2D eigenvalue weighted by atomic mass is 32.2. The van der Waals surface area contributed by atoms with Crippen LogP contribution in [0.2, 0.25) is 0 Å². The van der Waals surface area contributed by atoms with Crippen molar-refractivity contribution in [3.8, 4) is 0 Å². The fraction of sp³-hybridized carbons (Fsp3) is 0.423. The molecule has 0 saturated carbocycles. The molecule has 4 rings (SSSR count). The molecule has 0 bridgehead atoms. The summed E-state index contributed by atoms with van der Waals surface area (Å²) in [5, 5.41) is 14.3. The zero-order valence-corrected chi connectivity index (χ0v) is 23.1. The van der Waals surface area contributed by atoms with Gasteiger partial charge in [0.25, 0.3) is 5.91 Å². The standard InChI is InChI=1S/C26H30FN5O4S2/c1-4-36-25(35)21-17-11-6-5-7-13-19(17)38-24(21)29-22(33)15(2)37-26-31-30-20(32(26)3)14-28-23(34)16-10-8-9-12-18(16)27/h8-10,12,15H,4-7,11,13-14H2,1-3H3,(H,28,34)(H,29,33)/t15-/m0/s1. The fourth-order valence-electron chi connectivity index (χ4n) is 4.18. The van der Waals surface area contributed by atoms with Gasteiger partial charge >= 0.3 is 5.97 Å². The molecule has 1 aliphatic rings. The van der Waals surface area contributed by atoms with Crippen LogP contribution in [0.4, 0.5) is 9.39 Å². The molecule has 202 valence electrons. The van der Waals surface area contributed by atoms with Crippen molar-refractivity contribution in [2.75, 3.05) is 11.9 Å². The first-order valence-electron chi connectivity index (χ1n) is 12.5. The van der Waals surface area contributed by atoms with Crippen LogP contribution in [0.5, 0.6) is 0 Å². The molecule has 9 nitrogen and oxygen atoms in total. The average molecular weight is 560 g/mol. The summed E-state index contributed by atoms with van der Waals surface area (Å²) in [6.07, 6.45) is 4.87. The van der Waals surface area contributed by atoms with Crippen molar-refractivity contribution in [1.29, 1.82) is 0 Å². The third-order valence-corrected chi connectivity index (χ3v) is 8.58. The molecule has 0 aliphatic heterocycles. The number of rotatable bonds is 9. The molecule has 38 heavy (non-hydrogen) atoms. The largest absolute Gasteiger partial charge is 0.462 e. The van der Waals surface area contributed by atoms with E-state index in [0.29, 0.717) is 21.5 Å². The molecule has 3 aromatic rings. The number of nitrogens with one attached hydrogen (secondary N) is 2. The molecule has 0 saturated heterocycles. The van der Waals surface area contributed by atoms with E-state index in [-0.39, 0.29) is 24.6 Å². The molecule has 0 fully saturated rings. The van der Waals surface area contributed by atoms with Crippen LogP contribution in [0.25, 0.3) is 0 Å². The van der Waals surface area contributed by atoms with Crippen molar-refractivity contribution >= 4 is 45.9 Å². The van der Waals surface area contributed by atoms with E-state index >= 15 is 0 Å². The number of halogens is 1. The minimum atomic E-state index is -0.604. The summed E-state index contributed by atoms with van der Waals surface area (Å²) in [6, 6.07) is 5.73. The Morgan fingerprint density at radius 2 is 1.95 bits per heavy atom. The van der Waals surface area contributed by atoms with Crippen LogP contribution in [0.15, 0.2) is 29.4 Å². The monoisotopic (exact) mass is 559 g/mol. The zero-order chi connectivity index (χ0) is 27.2. The lowest BCUT2D eigenvalue weighted by Crippen LogP contribution is -2.25. The maximum Gasteiger partial charge on any atom is 0.341 e. The number of benzene rings is 1. The van der Waals surface area contributed by atoms with Gasteiger partial charge in [-0.1, -0.05) is 30.3 Å². The first-order valence-corrected chi connectivity index (χ1v) is 14.2. The first-order chi connectivity index (χ1) is 18.3. The summed E-state index contributed by atoms with van der Waals surface area (Å²) < 4.78 is 20.8. The number of nitrogens with zero attached hydrogens (tertiary/aromatic N) is 3. The topological polar surface area (TPSA) is 115 Å². The third-order valence-electron chi connectivity index (χ3n) is 6.24. The molecule has 1 aromatic carbocycles. The number of fused-ring (bicyclic) bond motifs is 1. The summed E-state index contributed by atoms with van der Waals surface area (Å²) in [7, 11) is 1.73. The predicted molar refractivity (Wildman–Crippen MR) is 144 cm³/mol. The van der Waals surface area contributed by atoms with Gasteiger partial charge in [0.15, 0.2) is 11.0 Å². The molecule has 12 heteroatoms. The number of hydrogen-bond donors (Lipinski definition) is 2. The Hall–Kier alpha value is -3.25. The lowest BCUT2D eigenvalue weighted by atomic mass is 10.1. The van der Waals surface area contributed by atoms with E-state index in [1.807, 2.05) is 0 Å². The van der Waals surface area contributed by atoms with E-state index in [4.69, 9.17) is 4.74 Å². The lowest BCUT2D eigenvalue weighted by molar-refractivity contribution is -0.115. The second-order valence-corrected chi connectivity index (χ2v) is 11.3. The smallest absolute Gasteiger partial charge is 0.341 e. The predicted octanol–water partition coefficient (Wildman–Crippen LogP) is 4.51. The fourth-order valence-corrected chi connectivity index (χ4v) is 6.29. The highest BCUT2D eigenvalue weighted by Gasteiger charge is 2.28. The number of thiophene rings is 1. The number of esters is 1. The van der Waals surface area contributed by atoms with Crippen LogP contribution in [-0.4, -0.2) is 44.4 Å². The molecular weight excluding hydrogens is 529 g/mol. The quantitative estimate of drug-likeness (QED) is 0.225. The zero-order valence-electron chi connectivity index (χ0n) is 21.5. The Labute approximate surface area is 228 Å². The number of amides is 2. The van der Waals surface area contributed by atoms with Crippen molar-refractivity contribution in [3.05, 3.63) is 57.5 Å². The Morgan fingerprint density at radius 3 is 2.71 bits per heavy atom. The van der Waals surface area contributed by atoms with Gasteiger partial charge in [0.2, 0.25) is 5.91 Å². The number of ether oxygens (including phenoxy) is 1. The third kappa shape index (κ3) is 6.24. The molecule has 2 amide bonds. The molecule has 2 heterocycles. The average Bonchev–Trinajstić information content (AvgIpc) is 3.32. The van der Waals surface area contributed by atoms with Crippen LogP contribution in [0.3, 0.4) is 0 Å². The van der Waals surface area contributed by atoms with Crippen molar-refractivity contribution in [2.45, 2.75) is 62.9 Å². The number of aromatic nitrogens is 3. The lowest BCUT2D eigenvalue weighted by Gasteiger charge is -2.12. The summed E-state index contributed by atoms with van der Waals surface area (Å²) in [6.45, 7) is 3.82. The van der Waals surface area contributed by atoms with E-state index < -0.39 is 22.9 Å². The van der Waals surface area contributed by atoms with Crippen molar-refractivity contribution < 1.29 is 23.5 Å². The number of thioether (sulfide) groups is 1. The first kappa shape index (κ1) is 27.8. The van der Waals surface area contributed by atoms with E-state index in [1.165, 1.54) is 41.3 Å². The van der Waals surface area contributed by atoms with Crippen LogP contribution < -0.4 is 10.6 Å². The molecule has 1 aliphatic carbocycles. The van der Waals surface area contributed by atoms with Gasteiger partial charge in [-0.05, 0) is 57.2 Å². The summed E-state index contributed by atoms with van der Waals surface area (Å²) in [4.78, 5) is 39.3. The maximum atomic E-state index is 13.9. The van der Waals surface area contributed by atoms with Gasteiger partial charge in [-0.15, -0.1) is 21.5 Å².